The molecule has 5 heteroatoms. The molecule has 0 spiro atoms. The summed E-state index contributed by atoms with van der Waals surface area (Å²) < 4.78 is 24.9. The number of carbonyl (C=O) groups excluding carboxylic acids is 1. The van der Waals surface area contributed by atoms with Crippen LogP contribution in [0.15, 0.2) is 12.1 Å². The van der Waals surface area contributed by atoms with E-state index in [-0.39, 0.29) is 10.6 Å². The summed E-state index contributed by atoms with van der Waals surface area (Å²) in [7, 11) is 0. The lowest BCUT2D eigenvalue weighted by Gasteiger charge is -2.09. The van der Waals surface area contributed by atoms with Gasteiger partial charge in [0.2, 0.25) is 0 Å². The maximum Gasteiger partial charge on any atom is 0.268 e. The zero-order valence-corrected chi connectivity index (χ0v) is 7.98. The lowest BCUT2D eigenvalue weighted by molar-refractivity contribution is 0.0996. The highest BCUT2D eigenvalue weighted by molar-refractivity contribution is 6.34. The number of rotatable bonds is 2. The molecule has 14 heavy (non-hydrogen) atoms. The van der Waals surface area contributed by atoms with Crippen LogP contribution >= 0.6 is 11.6 Å². The molecule has 1 aromatic rings. The second-order valence-electron chi connectivity index (χ2n) is 2.71. The first-order valence-electron chi connectivity index (χ1n) is 3.75. The van der Waals surface area contributed by atoms with Gasteiger partial charge in [-0.1, -0.05) is 11.6 Å². The number of Topliss-reactive ketones (excluding diaryl/α,β-unsaturated/α-hetero) is 1. The fraction of sp³-hybridized carbons (Fsp3) is 0.222. The molecule has 0 amide bonds. The largest absolute Gasteiger partial charge is 0.507 e. The van der Waals surface area contributed by atoms with Gasteiger partial charge in [0.05, 0.1) is 10.6 Å². The molecule has 0 radical (unpaired) electrons. The van der Waals surface area contributed by atoms with Crippen LogP contribution < -0.4 is 0 Å². The van der Waals surface area contributed by atoms with Crippen LogP contribution in [0.3, 0.4) is 0 Å². The Hall–Kier alpha value is -1.16. The number of hydrogen-bond acceptors (Lipinski definition) is 2. The number of alkyl halides is 2. The van der Waals surface area contributed by atoms with Crippen molar-refractivity contribution in [3.05, 3.63) is 28.3 Å². The minimum atomic E-state index is -2.92. The van der Waals surface area contributed by atoms with Crippen molar-refractivity contribution in [2.75, 3.05) is 0 Å². The molecule has 0 heterocycles. The molecule has 0 saturated heterocycles. The van der Waals surface area contributed by atoms with Crippen LogP contribution in [0.2, 0.25) is 5.02 Å². The van der Waals surface area contributed by atoms with Crippen LogP contribution in [-0.2, 0) is 0 Å². The molecule has 76 valence electrons. The van der Waals surface area contributed by atoms with E-state index in [1.807, 2.05) is 0 Å². The average Bonchev–Trinajstić information content (AvgIpc) is 2.07. The Morgan fingerprint density at radius 3 is 2.43 bits per heavy atom. The van der Waals surface area contributed by atoms with Crippen molar-refractivity contribution >= 4 is 17.4 Å². The van der Waals surface area contributed by atoms with Gasteiger partial charge >= 0.3 is 0 Å². The van der Waals surface area contributed by atoms with E-state index >= 15 is 0 Å². The van der Waals surface area contributed by atoms with Gasteiger partial charge in [0.15, 0.2) is 5.78 Å². The number of phenols is 1. The SMILES string of the molecule is CC(=O)c1c(Cl)ccc(O)c1C(F)F. The van der Waals surface area contributed by atoms with Crippen LogP contribution in [0.25, 0.3) is 0 Å². The Labute approximate surface area is 84.1 Å². The number of hydrogen-bond donors (Lipinski definition) is 1. The topological polar surface area (TPSA) is 37.3 Å². The van der Waals surface area contributed by atoms with Crippen molar-refractivity contribution in [2.45, 2.75) is 13.3 Å². The van der Waals surface area contributed by atoms with Crippen LogP contribution in [-0.4, -0.2) is 10.9 Å². The highest BCUT2D eigenvalue weighted by atomic mass is 35.5. The Bertz CT molecular complexity index is 377. The lowest BCUT2D eigenvalue weighted by Crippen LogP contribution is -2.01. The van der Waals surface area contributed by atoms with E-state index in [0.29, 0.717) is 0 Å². The van der Waals surface area contributed by atoms with Gasteiger partial charge in [0, 0.05) is 5.56 Å². The van der Waals surface area contributed by atoms with E-state index in [1.54, 1.807) is 0 Å². The maximum atomic E-state index is 12.5. The van der Waals surface area contributed by atoms with Crippen molar-refractivity contribution in [1.29, 1.82) is 0 Å². The summed E-state index contributed by atoms with van der Waals surface area (Å²) in [4.78, 5) is 11.0. The molecular formula is C9H7ClF2O2. The van der Waals surface area contributed by atoms with E-state index in [1.165, 1.54) is 6.07 Å². The molecular weight excluding hydrogens is 214 g/mol. The van der Waals surface area contributed by atoms with Gasteiger partial charge in [0.1, 0.15) is 5.75 Å². The first kappa shape index (κ1) is 10.9. The number of phenolic OH excluding ortho intramolecular Hbond substituents is 1. The monoisotopic (exact) mass is 220 g/mol. The molecule has 0 bridgehead atoms. The Morgan fingerprint density at radius 1 is 1.50 bits per heavy atom. The minimum absolute atomic E-state index is 0.0781. The minimum Gasteiger partial charge on any atom is -0.507 e. The van der Waals surface area contributed by atoms with Gasteiger partial charge in [-0.15, -0.1) is 0 Å². The van der Waals surface area contributed by atoms with Gasteiger partial charge in [-0.25, -0.2) is 8.78 Å². The fourth-order valence-electron chi connectivity index (χ4n) is 1.16. The first-order valence-corrected chi connectivity index (χ1v) is 4.13. The van der Waals surface area contributed by atoms with Crippen molar-refractivity contribution in [3.63, 3.8) is 0 Å². The highest BCUT2D eigenvalue weighted by Gasteiger charge is 2.22. The molecule has 0 aliphatic rings. The third-order valence-electron chi connectivity index (χ3n) is 1.74. The number of halogens is 3. The molecule has 1 aromatic carbocycles. The van der Waals surface area contributed by atoms with Crippen LogP contribution in [0.4, 0.5) is 8.78 Å². The van der Waals surface area contributed by atoms with Gasteiger partial charge in [-0.3, -0.25) is 4.79 Å². The molecule has 2 nitrogen and oxygen atoms in total. The number of ketones is 1. The molecule has 0 aromatic heterocycles. The zero-order valence-electron chi connectivity index (χ0n) is 7.22. The highest BCUT2D eigenvalue weighted by Crippen LogP contribution is 2.35. The standard InChI is InChI=1S/C9H7ClF2O2/c1-4(13)7-5(10)2-3-6(14)8(7)9(11)12/h2-3,9,14H,1H3. The van der Waals surface area contributed by atoms with Crippen LogP contribution in [0.1, 0.15) is 29.3 Å². The summed E-state index contributed by atoms with van der Waals surface area (Å²) in [6.45, 7) is 1.12. The van der Waals surface area contributed by atoms with Crippen LogP contribution in [0, 0.1) is 0 Å². The molecule has 0 saturated carbocycles. The van der Waals surface area contributed by atoms with E-state index in [0.717, 1.165) is 13.0 Å². The summed E-state index contributed by atoms with van der Waals surface area (Å²) in [5.74, 6) is -1.21. The van der Waals surface area contributed by atoms with Crippen LogP contribution in [0.5, 0.6) is 5.75 Å². The lowest BCUT2D eigenvalue weighted by atomic mass is 10.0. The van der Waals surface area contributed by atoms with Crippen molar-refractivity contribution in [3.8, 4) is 5.75 Å². The summed E-state index contributed by atoms with van der Waals surface area (Å²) in [5.41, 5.74) is -1.02. The summed E-state index contributed by atoms with van der Waals surface area (Å²) in [6.07, 6.45) is -2.92. The van der Waals surface area contributed by atoms with Gasteiger partial charge in [0.25, 0.3) is 6.43 Å². The molecule has 0 unspecified atom stereocenters. The molecule has 0 fully saturated rings. The maximum absolute atomic E-state index is 12.5. The number of aromatic hydroxyl groups is 1. The van der Waals surface area contributed by atoms with Gasteiger partial charge < -0.3 is 5.11 Å². The molecule has 0 aliphatic carbocycles. The van der Waals surface area contributed by atoms with Crippen molar-refractivity contribution in [2.24, 2.45) is 0 Å². The van der Waals surface area contributed by atoms with Gasteiger partial charge in [-0.2, -0.15) is 0 Å². The average molecular weight is 221 g/mol. The molecule has 1 N–H and O–H groups in total. The quantitative estimate of drug-likeness (QED) is 0.778. The summed E-state index contributed by atoms with van der Waals surface area (Å²) in [6, 6.07) is 2.25. The third-order valence-corrected chi connectivity index (χ3v) is 2.06. The van der Waals surface area contributed by atoms with E-state index in [4.69, 9.17) is 16.7 Å². The summed E-state index contributed by atoms with van der Waals surface area (Å²) >= 11 is 5.58. The molecule has 1 rings (SSSR count). The van der Waals surface area contributed by atoms with Gasteiger partial charge in [-0.05, 0) is 19.1 Å². The number of benzene rings is 1. The van der Waals surface area contributed by atoms with Crippen molar-refractivity contribution in [1.82, 2.24) is 0 Å². The first-order chi connectivity index (χ1) is 6.45. The second-order valence-corrected chi connectivity index (χ2v) is 3.12. The smallest absolute Gasteiger partial charge is 0.268 e. The third kappa shape index (κ3) is 1.85. The van der Waals surface area contributed by atoms with Crippen molar-refractivity contribution < 1.29 is 18.7 Å². The normalized spacial score (nSPS) is 10.6. The second kappa shape index (κ2) is 3.92. The summed E-state index contributed by atoms with van der Waals surface area (Å²) in [5, 5.41) is 9.07. The zero-order chi connectivity index (χ0) is 10.9. The Kier molecular flexibility index (Phi) is 3.06. The predicted molar refractivity (Wildman–Crippen MR) is 48.1 cm³/mol. The Balaban J connectivity index is 3.50. The Morgan fingerprint density at radius 2 is 2.07 bits per heavy atom. The number of carbonyl (C=O) groups is 1. The van der Waals surface area contributed by atoms with E-state index in [2.05, 4.69) is 0 Å². The fourth-order valence-corrected chi connectivity index (χ4v) is 1.46. The van der Waals surface area contributed by atoms with E-state index in [9.17, 15) is 13.6 Å². The van der Waals surface area contributed by atoms with E-state index < -0.39 is 23.5 Å². The molecule has 0 aliphatic heterocycles. The molecule has 0 atom stereocenters. The predicted octanol–water partition coefficient (Wildman–Crippen LogP) is 3.19.